The summed E-state index contributed by atoms with van der Waals surface area (Å²) >= 11 is 3.62. The van der Waals surface area contributed by atoms with Crippen molar-refractivity contribution in [1.82, 2.24) is 9.78 Å². The molecule has 4 heteroatoms. The van der Waals surface area contributed by atoms with Crippen molar-refractivity contribution in [2.24, 2.45) is 13.0 Å². The number of aromatic nitrogens is 2. The van der Waals surface area contributed by atoms with Gasteiger partial charge in [-0.05, 0) is 47.5 Å². The van der Waals surface area contributed by atoms with E-state index in [2.05, 4.69) is 28.0 Å². The summed E-state index contributed by atoms with van der Waals surface area (Å²) in [5.74, 6) is 0.413. The quantitative estimate of drug-likeness (QED) is 0.927. The Hall–Kier alpha value is -0.350. The second-order valence-corrected chi connectivity index (χ2v) is 5.44. The van der Waals surface area contributed by atoms with Gasteiger partial charge < -0.3 is 5.11 Å². The van der Waals surface area contributed by atoms with Crippen molar-refractivity contribution in [3.8, 4) is 0 Å². The second-order valence-electron chi connectivity index (χ2n) is 4.65. The molecule has 1 aliphatic rings. The van der Waals surface area contributed by atoms with Crippen LogP contribution in [0.25, 0.3) is 0 Å². The Morgan fingerprint density at radius 2 is 2.25 bits per heavy atom. The number of halogens is 1. The van der Waals surface area contributed by atoms with Crippen molar-refractivity contribution in [2.75, 3.05) is 0 Å². The normalized spacial score (nSPS) is 25.2. The highest BCUT2D eigenvalue weighted by molar-refractivity contribution is 9.10. The number of hydrogen-bond acceptors (Lipinski definition) is 2. The van der Waals surface area contributed by atoms with Crippen LogP contribution in [0.5, 0.6) is 0 Å². The van der Waals surface area contributed by atoms with Crippen molar-refractivity contribution in [1.29, 1.82) is 0 Å². The van der Waals surface area contributed by atoms with Crippen LogP contribution in [-0.2, 0) is 19.9 Å². The molecule has 0 amide bonds. The van der Waals surface area contributed by atoms with Crippen molar-refractivity contribution in [3.63, 3.8) is 0 Å². The monoisotopic (exact) mass is 286 g/mol. The first-order valence-electron chi connectivity index (χ1n) is 6.01. The van der Waals surface area contributed by atoms with E-state index in [1.165, 1.54) is 5.69 Å². The second kappa shape index (κ2) is 4.88. The first-order chi connectivity index (χ1) is 7.63. The molecule has 0 bridgehead atoms. The van der Waals surface area contributed by atoms with Crippen LogP contribution >= 0.6 is 15.9 Å². The molecule has 0 aromatic carbocycles. The smallest absolute Gasteiger partial charge is 0.0766 e. The predicted molar refractivity (Wildman–Crippen MR) is 67.3 cm³/mol. The zero-order valence-corrected chi connectivity index (χ0v) is 11.5. The summed E-state index contributed by atoms with van der Waals surface area (Å²) in [6, 6.07) is 0. The molecule has 3 nitrogen and oxygen atoms in total. The molecule has 16 heavy (non-hydrogen) atoms. The molecule has 1 fully saturated rings. The fraction of sp³-hybridized carbons (Fsp3) is 0.750. The summed E-state index contributed by atoms with van der Waals surface area (Å²) in [6.07, 6.45) is 5.02. The van der Waals surface area contributed by atoms with Crippen molar-refractivity contribution in [2.45, 2.75) is 45.1 Å². The van der Waals surface area contributed by atoms with Crippen LogP contribution in [0.4, 0.5) is 0 Å². The zero-order valence-electron chi connectivity index (χ0n) is 9.91. The van der Waals surface area contributed by atoms with Crippen LogP contribution < -0.4 is 0 Å². The molecule has 0 radical (unpaired) electrons. The van der Waals surface area contributed by atoms with E-state index in [1.807, 2.05) is 11.7 Å². The Morgan fingerprint density at radius 3 is 2.75 bits per heavy atom. The Bertz CT molecular complexity index is 375. The van der Waals surface area contributed by atoms with Crippen molar-refractivity contribution in [3.05, 3.63) is 15.9 Å². The summed E-state index contributed by atoms with van der Waals surface area (Å²) in [5, 5.41) is 14.3. The van der Waals surface area contributed by atoms with Gasteiger partial charge in [0.1, 0.15) is 0 Å². The third-order valence-corrected chi connectivity index (χ3v) is 4.49. The van der Waals surface area contributed by atoms with Crippen LogP contribution in [0, 0.1) is 5.92 Å². The predicted octanol–water partition coefficient (Wildman–Crippen LogP) is 2.45. The molecule has 1 heterocycles. The largest absolute Gasteiger partial charge is 0.393 e. The minimum atomic E-state index is -0.119. The van der Waals surface area contributed by atoms with E-state index in [0.29, 0.717) is 5.92 Å². The van der Waals surface area contributed by atoms with Crippen molar-refractivity contribution < 1.29 is 5.11 Å². The maximum atomic E-state index is 9.85. The molecule has 90 valence electrons. The molecule has 2 rings (SSSR count). The van der Waals surface area contributed by atoms with E-state index in [-0.39, 0.29) is 6.10 Å². The lowest BCUT2D eigenvalue weighted by Crippen LogP contribution is -2.17. The lowest BCUT2D eigenvalue weighted by molar-refractivity contribution is 0.131. The number of rotatable bonds is 3. The van der Waals surface area contributed by atoms with E-state index in [9.17, 15) is 5.11 Å². The number of aryl methyl sites for hydroxylation is 2. The van der Waals surface area contributed by atoms with Gasteiger partial charge >= 0.3 is 0 Å². The number of aliphatic hydroxyl groups is 1. The number of nitrogens with zero attached hydrogens (tertiary/aromatic N) is 2. The molecular formula is C12H19BrN2O. The molecular weight excluding hydrogens is 268 g/mol. The van der Waals surface area contributed by atoms with Gasteiger partial charge in [0.15, 0.2) is 0 Å². The fourth-order valence-corrected chi connectivity index (χ4v) is 3.32. The molecule has 2 atom stereocenters. The molecule has 1 N–H and O–H groups in total. The molecule has 2 unspecified atom stereocenters. The average Bonchev–Trinajstić information content (AvgIpc) is 2.77. The van der Waals surface area contributed by atoms with E-state index >= 15 is 0 Å². The Labute approximate surface area is 105 Å². The minimum absolute atomic E-state index is 0.119. The lowest BCUT2D eigenvalue weighted by atomic mass is 9.99. The molecule has 0 saturated heterocycles. The highest BCUT2D eigenvalue weighted by Crippen LogP contribution is 2.31. The van der Waals surface area contributed by atoms with E-state index in [4.69, 9.17) is 0 Å². The van der Waals surface area contributed by atoms with Gasteiger partial charge in [-0.15, -0.1) is 0 Å². The van der Waals surface area contributed by atoms with Gasteiger partial charge in [0, 0.05) is 7.05 Å². The maximum absolute atomic E-state index is 9.85. The summed E-state index contributed by atoms with van der Waals surface area (Å²) in [7, 11) is 1.99. The maximum Gasteiger partial charge on any atom is 0.0766 e. The Balaban J connectivity index is 2.17. The van der Waals surface area contributed by atoms with Crippen LogP contribution in [0.1, 0.15) is 37.6 Å². The molecule has 0 aliphatic heterocycles. The van der Waals surface area contributed by atoms with Crippen molar-refractivity contribution >= 4 is 15.9 Å². The molecule has 1 saturated carbocycles. The SMILES string of the molecule is CCc1nn(C)c(CC2CCCC2O)c1Br. The van der Waals surface area contributed by atoms with E-state index in [0.717, 1.165) is 42.3 Å². The van der Waals surface area contributed by atoms with Gasteiger partial charge in [-0.3, -0.25) is 4.68 Å². The third kappa shape index (κ3) is 2.18. The molecule has 1 aromatic rings. The van der Waals surface area contributed by atoms with E-state index in [1.54, 1.807) is 0 Å². The average molecular weight is 287 g/mol. The zero-order chi connectivity index (χ0) is 11.7. The Kier molecular flexibility index (Phi) is 3.70. The van der Waals surface area contributed by atoms with Crippen LogP contribution in [0.3, 0.4) is 0 Å². The first kappa shape index (κ1) is 12.1. The highest BCUT2D eigenvalue weighted by atomic mass is 79.9. The Morgan fingerprint density at radius 1 is 1.50 bits per heavy atom. The molecule has 1 aliphatic carbocycles. The summed E-state index contributed by atoms with van der Waals surface area (Å²) in [4.78, 5) is 0. The first-order valence-corrected chi connectivity index (χ1v) is 6.81. The van der Waals surface area contributed by atoms with Gasteiger partial charge in [0.25, 0.3) is 0 Å². The summed E-state index contributed by atoms with van der Waals surface area (Å²) in [6.45, 7) is 2.11. The topological polar surface area (TPSA) is 38.0 Å². The lowest BCUT2D eigenvalue weighted by Gasteiger charge is -2.14. The molecule has 0 spiro atoms. The fourth-order valence-electron chi connectivity index (χ4n) is 2.55. The van der Waals surface area contributed by atoms with Gasteiger partial charge in [-0.2, -0.15) is 5.10 Å². The van der Waals surface area contributed by atoms with Crippen LogP contribution in [0.2, 0.25) is 0 Å². The van der Waals surface area contributed by atoms with Crippen LogP contribution in [0.15, 0.2) is 4.47 Å². The standard InChI is InChI=1S/C12H19BrN2O/c1-3-9-12(13)10(15(2)14-9)7-8-5-4-6-11(8)16/h8,11,16H,3-7H2,1-2H3. The van der Waals surface area contributed by atoms with Crippen LogP contribution in [-0.4, -0.2) is 21.0 Å². The summed E-state index contributed by atoms with van der Waals surface area (Å²) < 4.78 is 3.09. The van der Waals surface area contributed by atoms with Gasteiger partial charge in [-0.25, -0.2) is 0 Å². The minimum Gasteiger partial charge on any atom is -0.393 e. The number of aliphatic hydroxyl groups excluding tert-OH is 1. The third-order valence-electron chi connectivity index (χ3n) is 3.58. The van der Waals surface area contributed by atoms with Gasteiger partial charge in [0.05, 0.1) is 22.0 Å². The number of hydrogen-bond donors (Lipinski definition) is 1. The molecule has 1 aromatic heterocycles. The van der Waals surface area contributed by atoms with Gasteiger partial charge in [-0.1, -0.05) is 13.3 Å². The van der Waals surface area contributed by atoms with E-state index < -0.39 is 0 Å². The van der Waals surface area contributed by atoms with Gasteiger partial charge in [0.2, 0.25) is 0 Å². The highest BCUT2D eigenvalue weighted by Gasteiger charge is 2.27. The summed E-state index contributed by atoms with van der Waals surface area (Å²) in [5.41, 5.74) is 2.34.